The Balaban J connectivity index is 1.68. The van der Waals surface area contributed by atoms with Gasteiger partial charge in [-0.2, -0.15) is 0 Å². The Morgan fingerprint density at radius 1 is 1.11 bits per heavy atom. The van der Waals surface area contributed by atoms with Crippen molar-refractivity contribution >= 4 is 11.6 Å². The van der Waals surface area contributed by atoms with Crippen molar-refractivity contribution in [2.75, 3.05) is 5.32 Å². The van der Waals surface area contributed by atoms with E-state index in [0.29, 0.717) is 5.56 Å². The highest BCUT2D eigenvalue weighted by molar-refractivity contribution is 5.99. The molecule has 0 saturated heterocycles. The van der Waals surface area contributed by atoms with Gasteiger partial charge in [-0.05, 0) is 68.1 Å². The molecule has 0 atom stereocenters. The average molecular weight is 376 g/mol. The minimum atomic E-state index is -0.456. The molecule has 0 spiro atoms. The van der Waals surface area contributed by atoms with Gasteiger partial charge in [-0.3, -0.25) is 9.78 Å². The van der Waals surface area contributed by atoms with Gasteiger partial charge in [0.1, 0.15) is 0 Å². The Bertz CT molecular complexity index is 960. The molecule has 3 aromatic rings. The molecule has 6 heteroatoms. The lowest BCUT2D eigenvalue weighted by atomic mass is 9.92. The summed E-state index contributed by atoms with van der Waals surface area (Å²) in [5, 5.41) is 13.2. The van der Waals surface area contributed by atoms with E-state index in [2.05, 4.69) is 10.3 Å². The summed E-state index contributed by atoms with van der Waals surface area (Å²) in [5.41, 5.74) is 9.57. The average Bonchev–Trinajstić information content (AvgIpc) is 3.20. The number of amides is 1. The number of rotatable bonds is 5. The second-order valence-corrected chi connectivity index (χ2v) is 7.22. The summed E-state index contributed by atoms with van der Waals surface area (Å²) in [6, 6.07) is 15.6. The number of pyridine rings is 1. The van der Waals surface area contributed by atoms with Gasteiger partial charge >= 0.3 is 0 Å². The molecule has 0 bridgehead atoms. The molecule has 6 nitrogen and oxygen atoms in total. The van der Waals surface area contributed by atoms with Crippen LogP contribution in [0.15, 0.2) is 60.9 Å². The number of nitrogens with zero attached hydrogens (tertiary/aromatic N) is 2. The molecule has 2 aromatic heterocycles. The second-order valence-electron chi connectivity index (χ2n) is 7.22. The summed E-state index contributed by atoms with van der Waals surface area (Å²) in [6.45, 7) is 0. The van der Waals surface area contributed by atoms with Crippen LogP contribution in [0.3, 0.4) is 0 Å². The van der Waals surface area contributed by atoms with E-state index in [-0.39, 0.29) is 12.1 Å². The number of benzene rings is 1. The predicted molar refractivity (Wildman–Crippen MR) is 109 cm³/mol. The Morgan fingerprint density at radius 2 is 1.93 bits per heavy atom. The van der Waals surface area contributed by atoms with E-state index in [1.807, 2.05) is 53.2 Å². The van der Waals surface area contributed by atoms with Gasteiger partial charge in [0.25, 0.3) is 5.91 Å². The highest BCUT2D eigenvalue weighted by Crippen LogP contribution is 2.28. The fourth-order valence-corrected chi connectivity index (χ4v) is 3.79. The Hall–Kier alpha value is -3.12. The second kappa shape index (κ2) is 7.86. The summed E-state index contributed by atoms with van der Waals surface area (Å²) in [4.78, 5) is 16.4. The summed E-state index contributed by atoms with van der Waals surface area (Å²) >= 11 is 0. The third-order valence-corrected chi connectivity index (χ3v) is 5.28. The number of carbonyl (C=O) groups excluding carboxylic acids is 1. The molecular weight excluding hydrogens is 352 g/mol. The van der Waals surface area contributed by atoms with Crippen molar-refractivity contribution in [3.05, 3.63) is 66.5 Å². The van der Waals surface area contributed by atoms with E-state index in [0.717, 1.165) is 48.4 Å². The SMILES string of the molecule is NC(=O)c1ccc(-n2cccc2-c2ccccn2)cc1N[C@H]1CC[C@H](O)CC1. The molecule has 1 aliphatic carbocycles. The molecule has 1 saturated carbocycles. The zero-order valence-electron chi connectivity index (χ0n) is 15.6. The number of carbonyl (C=O) groups is 1. The summed E-state index contributed by atoms with van der Waals surface area (Å²) < 4.78 is 2.04. The van der Waals surface area contributed by atoms with Crippen LogP contribution in [0.25, 0.3) is 17.1 Å². The molecule has 1 aliphatic rings. The Morgan fingerprint density at radius 3 is 2.64 bits per heavy atom. The Labute approximate surface area is 164 Å². The first kappa shape index (κ1) is 18.3. The molecular formula is C22H24N4O2. The van der Waals surface area contributed by atoms with Crippen molar-refractivity contribution < 1.29 is 9.90 Å². The van der Waals surface area contributed by atoms with Gasteiger partial charge in [0.15, 0.2) is 0 Å². The van der Waals surface area contributed by atoms with Gasteiger partial charge in [-0.15, -0.1) is 0 Å². The predicted octanol–water partition coefficient (Wildman–Crippen LogP) is 3.35. The fourth-order valence-electron chi connectivity index (χ4n) is 3.79. The number of nitrogens with two attached hydrogens (primary N) is 1. The number of anilines is 1. The van der Waals surface area contributed by atoms with Crippen LogP contribution < -0.4 is 11.1 Å². The minimum absolute atomic E-state index is 0.219. The van der Waals surface area contributed by atoms with Crippen molar-refractivity contribution in [1.82, 2.24) is 9.55 Å². The van der Waals surface area contributed by atoms with Gasteiger partial charge in [-0.1, -0.05) is 6.07 Å². The Kier molecular flexibility index (Phi) is 5.12. The zero-order valence-corrected chi connectivity index (χ0v) is 15.6. The molecule has 4 rings (SSSR count). The first-order valence-electron chi connectivity index (χ1n) is 9.59. The molecule has 1 aromatic carbocycles. The lowest BCUT2D eigenvalue weighted by Gasteiger charge is -2.28. The minimum Gasteiger partial charge on any atom is -0.393 e. The normalized spacial score (nSPS) is 19.3. The lowest BCUT2D eigenvalue weighted by molar-refractivity contribution is 0.100. The molecule has 4 N–H and O–H groups in total. The number of nitrogens with one attached hydrogen (secondary N) is 1. The molecule has 28 heavy (non-hydrogen) atoms. The summed E-state index contributed by atoms with van der Waals surface area (Å²) in [6.07, 6.45) is 6.80. The number of primary amides is 1. The lowest BCUT2D eigenvalue weighted by Crippen LogP contribution is -2.29. The van der Waals surface area contributed by atoms with Crippen molar-refractivity contribution in [2.45, 2.75) is 37.8 Å². The van der Waals surface area contributed by atoms with Gasteiger partial charge in [0, 0.05) is 29.8 Å². The number of aromatic nitrogens is 2. The van der Waals surface area contributed by atoms with Crippen molar-refractivity contribution in [1.29, 1.82) is 0 Å². The first-order valence-corrected chi connectivity index (χ1v) is 9.59. The monoisotopic (exact) mass is 376 g/mol. The van der Waals surface area contributed by atoms with Gasteiger partial charge in [0.2, 0.25) is 0 Å². The van der Waals surface area contributed by atoms with Gasteiger partial charge in [0.05, 0.1) is 23.1 Å². The molecule has 0 unspecified atom stereocenters. The zero-order chi connectivity index (χ0) is 19.5. The summed E-state index contributed by atoms with van der Waals surface area (Å²) in [7, 11) is 0. The van der Waals surface area contributed by atoms with E-state index in [9.17, 15) is 9.90 Å². The van der Waals surface area contributed by atoms with Crippen LogP contribution in [0, 0.1) is 0 Å². The van der Waals surface area contributed by atoms with Gasteiger partial charge < -0.3 is 20.7 Å². The quantitative estimate of drug-likeness (QED) is 0.637. The smallest absolute Gasteiger partial charge is 0.250 e. The molecule has 144 valence electrons. The first-order chi connectivity index (χ1) is 13.6. The maximum Gasteiger partial charge on any atom is 0.250 e. The van der Waals surface area contributed by atoms with Crippen molar-refractivity contribution in [3.63, 3.8) is 0 Å². The van der Waals surface area contributed by atoms with E-state index in [1.54, 1.807) is 12.3 Å². The fraction of sp³-hybridized carbons (Fsp3) is 0.273. The van der Waals surface area contributed by atoms with Crippen LogP contribution in [-0.4, -0.2) is 32.7 Å². The number of hydrogen-bond donors (Lipinski definition) is 3. The molecule has 0 aliphatic heterocycles. The third kappa shape index (κ3) is 3.77. The molecule has 0 radical (unpaired) electrons. The van der Waals surface area contributed by atoms with E-state index >= 15 is 0 Å². The largest absolute Gasteiger partial charge is 0.393 e. The van der Waals surface area contributed by atoms with E-state index in [1.165, 1.54) is 0 Å². The molecule has 1 fully saturated rings. The molecule has 2 heterocycles. The van der Waals surface area contributed by atoms with Gasteiger partial charge in [-0.25, -0.2) is 0 Å². The maximum atomic E-state index is 11.9. The standard InChI is InChI=1S/C22H24N4O2/c23-22(28)18-11-8-16(14-20(18)25-15-6-9-17(27)10-7-15)26-13-3-5-21(26)19-4-1-2-12-24-19/h1-5,8,11-15,17,25,27H,6-7,9-10H2,(H2,23,28)/t15-,17-. The third-order valence-electron chi connectivity index (χ3n) is 5.28. The highest BCUT2D eigenvalue weighted by Gasteiger charge is 2.21. The van der Waals surface area contributed by atoms with Crippen LogP contribution in [0.1, 0.15) is 36.0 Å². The van der Waals surface area contributed by atoms with E-state index in [4.69, 9.17) is 5.73 Å². The van der Waals surface area contributed by atoms with Crippen LogP contribution in [0.5, 0.6) is 0 Å². The molecule has 1 amide bonds. The van der Waals surface area contributed by atoms with Crippen LogP contribution in [0.2, 0.25) is 0 Å². The van der Waals surface area contributed by atoms with Crippen LogP contribution >= 0.6 is 0 Å². The van der Waals surface area contributed by atoms with Crippen molar-refractivity contribution in [3.8, 4) is 17.1 Å². The number of hydrogen-bond acceptors (Lipinski definition) is 4. The highest BCUT2D eigenvalue weighted by atomic mass is 16.3. The van der Waals surface area contributed by atoms with E-state index < -0.39 is 5.91 Å². The van der Waals surface area contributed by atoms with Crippen molar-refractivity contribution in [2.24, 2.45) is 5.73 Å². The number of aliphatic hydroxyl groups excluding tert-OH is 1. The van der Waals surface area contributed by atoms with Crippen LogP contribution in [0.4, 0.5) is 5.69 Å². The van der Waals surface area contributed by atoms with Crippen LogP contribution in [-0.2, 0) is 0 Å². The topological polar surface area (TPSA) is 93.2 Å². The summed E-state index contributed by atoms with van der Waals surface area (Å²) in [5.74, 6) is -0.456. The maximum absolute atomic E-state index is 11.9. The number of aliphatic hydroxyl groups is 1.